The number of carbonyl (C=O) groups is 1. The van der Waals surface area contributed by atoms with Gasteiger partial charge in [-0.2, -0.15) is 0 Å². The van der Waals surface area contributed by atoms with E-state index in [2.05, 4.69) is 14.9 Å². The largest absolute Gasteiger partial charge is 0.468 e. The quantitative estimate of drug-likeness (QED) is 0.690. The molecule has 1 atom stereocenters. The molecule has 1 unspecified atom stereocenters. The summed E-state index contributed by atoms with van der Waals surface area (Å²) in [4.78, 5) is 10.9. The molecule has 0 saturated carbocycles. The second-order valence-electron chi connectivity index (χ2n) is 2.55. The highest BCUT2D eigenvalue weighted by Crippen LogP contribution is 2.09. The molecule has 0 aromatic carbocycles. The zero-order valence-corrected chi connectivity index (χ0v) is 8.30. The normalized spacial score (nSPS) is 12.5. The molecule has 1 aromatic rings. The van der Waals surface area contributed by atoms with E-state index in [1.54, 1.807) is 0 Å². The fourth-order valence-corrected chi connectivity index (χ4v) is 1.61. The summed E-state index contributed by atoms with van der Waals surface area (Å²) in [5, 5.41) is 9.30. The Balaban J connectivity index is 2.54. The molecule has 0 saturated heterocycles. The minimum Gasteiger partial charge on any atom is -0.468 e. The predicted octanol–water partition coefficient (Wildman–Crippen LogP) is -0.111. The third kappa shape index (κ3) is 2.74. The van der Waals surface area contributed by atoms with Crippen molar-refractivity contribution in [2.45, 2.75) is 19.4 Å². The van der Waals surface area contributed by atoms with Crippen LogP contribution in [0.15, 0.2) is 0 Å². The summed E-state index contributed by atoms with van der Waals surface area (Å²) in [6, 6.07) is -0.641. The van der Waals surface area contributed by atoms with Crippen molar-refractivity contribution in [1.82, 2.24) is 10.2 Å². The van der Waals surface area contributed by atoms with Crippen molar-refractivity contribution in [3.8, 4) is 0 Å². The molecule has 0 aliphatic rings. The van der Waals surface area contributed by atoms with Crippen LogP contribution in [0.3, 0.4) is 0 Å². The van der Waals surface area contributed by atoms with Crippen LogP contribution >= 0.6 is 11.3 Å². The van der Waals surface area contributed by atoms with Gasteiger partial charge in [-0.1, -0.05) is 0 Å². The second kappa shape index (κ2) is 4.29. The Morgan fingerprint density at radius 3 is 2.85 bits per heavy atom. The van der Waals surface area contributed by atoms with E-state index in [0.717, 1.165) is 10.0 Å². The van der Waals surface area contributed by atoms with E-state index >= 15 is 0 Å². The Labute approximate surface area is 79.9 Å². The van der Waals surface area contributed by atoms with Crippen molar-refractivity contribution in [2.75, 3.05) is 7.11 Å². The Kier molecular flexibility index (Phi) is 3.32. The van der Waals surface area contributed by atoms with Gasteiger partial charge in [-0.05, 0) is 6.92 Å². The van der Waals surface area contributed by atoms with Gasteiger partial charge in [0.05, 0.1) is 7.11 Å². The van der Waals surface area contributed by atoms with Gasteiger partial charge in [-0.3, -0.25) is 4.79 Å². The molecule has 72 valence electrons. The Hall–Kier alpha value is -1.01. The summed E-state index contributed by atoms with van der Waals surface area (Å²) < 4.78 is 4.48. The number of hydrogen-bond donors (Lipinski definition) is 1. The number of aromatic nitrogens is 2. The molecule has 1 heterocycles. The summed E-state index contributed by atoms with van der Waals surface area (Å²) in [5.74, 6) is -0.423. The van der Waals surface area contributed by atoms with Crippen LogP contribution in [-0.2, 0) is 16.0 Å². The van der Waals surface area contributed by atoms with E-state index < -0.39 is 12.0 Å². The molecule has 0 radical (unpaired) electrons. The van der Waals surface area contributed by atoms with Crippen LogP contribution in [0.25, 0.3) is 0 Å². The van der Waals surface area contributed by atoms with Crippen LogP contribution < -0.4 is 5.73 Å². The maximum atomic E-state index is 10.9. The average Bonchev–Trinajstić information content (AvgIpc) is 2.49. The van der Waals surface area contributed by atoms with Gasteiger partial charge >= 0.3 is 5.97 Å². The smallest absolute Gasteiger partial charge is 0.323 e. The maximum Gasteiger partial charge on any atom is 0.323 e. The number of aryl methyl sites for hydroxylation is 1. The number of nitrogens with two attached hydrogens (primary N) is 1. The summed E-state index contributed by atoms with van der Waals surface area (Å²) in [7, 11) is 1.31. The fraction of sp³-hybridized carbons (Fsp3) is 0.571. The number of methoxy groups -OCH3 is 1. The van der Waals surface area contributed by atoms with Crippen molar-refractivity contribution in [1.29, 1.82) is 0 Å². The highest BCUT2D eigenvalue weighted by Gasteiger charge is 2.16. The van der Waals surface area contributed by atoms with Crippen LogP contribution in [0.1, 0.15) is 10.0 Å². The van der Waals surface area contributed by atoms with Gasteiger partial charge in [0.2, 0.25) is 0 Å². The number of hydrogen-bond acceptors (Lipinski definition) is 6. The molecule has 13 heavy (non-hydrogen) atoms. The first-order valence-corrected chi connectivity index (χ1v) is 4.57. The lowest BCUT2D eigenvalue weighted by Gasteiger charge is -2.05. The maximum absolute atomic E-state index is 10.9. The van der Waals surface area contributed by atoms with Crippen LogP contribution in [0, 0.1) is 6.92 Å². The Morgan fingerprint density at radius 1 is 1.69 bits per heavy atom. The minimum absolute atomic E-state index is 0.387. The molecule has 0 amide bonds. The van der Waals surface area contributed by atoms with Gasteiger partial charge < -0.3 is 10.5 Å². The van der Waals surface area contributed by atoms with Crippen LogP contribution in [0.2, 0.25) is 0 Å². The van der Waals surface area contributed by atoms with Gasteiger partial charge in [0.15, 0.2) is 0 Å². The number of ether oxygens (including phenoxy) is 1. The van der Waals surface area contributed by atoms with Crippen LogP contribution in [0.5, 0.6) is 0 Å². The second-order valence-corrected chi connectivity index (χ2v) is 3.81. The monoisotopic (exact) mass is 201 g/mol. The minimum atomic E-state index is -0.641. The van der Waals surface area contributed by atoms with Crippen LogP contribution in [0.4, 0.5) is 0 Å². The lowest BCUT2D eigenvalue weighted by molar-refractivity contribution is -0.142. The molecule has 6 heteroatoms. The first-order valence-electron chi connectivity index (χ1n) is 3.76. The van der Waals surface area contributed by atoms with Crippen molar-refractivity contribution >= 4 is 17.3 Å². The first kappa shape index (κ1) is 10.1. The highest BCUT2D eigenvalue weighted by molar-refractivity contribution is 7.11. The molecule has 0 bridgehead atoms. The standard InChI is InChI=1S/C7H11N3O2S/c1-4-9-10-6(13-4)3-5(8)7(11)12-2/h5H,3,8H2,1-2H3. The van der Waals surface area contributed by atoms with Gasteiger partial charge in [-0.25, -0.2) is 0 Å². The van der Waals surface area contributed by atoms with Crippen molar-refractivity contribution in [2.24, 2.45) is 5.73 Å². The molecule has 0 spiro atoms. The van der Waals surface area contributed by atoms with Crippen molar-refractivity contribution in [3.05, 3.63) is 10.0 Å². The highest BCUT2D eigenvalue weighted by atomic mass is 32.1. The number of esters is 1. The average molecular weight is 201 g/mol. The Morgan fingerprint density at radius 2 is 2.38 bits per heavy atom. The van der Waals surface area contributed by atoms with Gasteiger partial charge in [0, 0.05) is 6.42 Å². The van der Waals surface area contributed by atoms with Gasteiger partial charge in [0.1, 0.15) is 16.1 Å². The van der Waals surface area contributed by atoms with E-state index in [4.69, 9.17) is 5.73 Å². The topological polar surface area (TPSA) is 78.1 Å². The van der Waals surface area contributed by atoms with E-state index in [-0.39, 0.29) is 0 Å². The number of carbonyl (C=O) groups excluding carboxylic acids is 1. The first-order chi connectivity index (χ1) is 6.13. The lowest BCUT2D eigenvalue weighted by atomic mass is 10.2. The molecular weight excluding hydrogens is 190 g/mol. The fourth-order valence-electron chi connectivity index (χ4n) is 0.843. The predicted molar refractivity (Wildman–Crippen MR) is 48.3 cm³/mol. The van der Waals surface area contributed by atoms with Gasteiger partial charge in [-0.15, -0.1) is 21.5 Å². The Bertz CT molecular complexity index is 300. The summed E-state index contributed by atoms with van der Waals surface area (Å²) in [6.45, 7) is 1.85. The summed E-state index contributed by atoms with van der Waals surface area (Å²) in [5.41, 5.74) is 5.53. The number of nitrogens with zero attached hydrogens (tertiary/aromatic N) is 2. The molecule has 1 rings (SSSR count). The van der Waals surface area contributed by atoms with Gasteiger partial charge in [0.25, 0.3) is 0 Å². The molecule has 2 N–H and O–H groups in total. The lowest BCUT2D eigenvalue weighted by Crippen LogP contribution is -2.33. The molecule has 5 nitrogen and oxygen atoms in total. The van der Waals surface area contributed by atoms with E-state index in [1.165, 1.54) is 18.4 Å². The van der Waals surface area contributed by atoms with Crippen LogP contribution in [-0.4, -0.2) is 29.3 Å². The third-order valence-electron chi connectivity index (χ3n) is 1.47. The molecule has 1 aromatic heterocycles. The summed E-state index contributed by atoms with van der Waals surface area (Å²) in [6.07, 6.45) is 0.387. The number of rotatable bonds is 3. The SMILES string of the molecule is COC(=O)C(N)Cc1nnc(C)s1. The van der Waals surface area contributed by atoms with E-state index in [0.29, 0.717) is 6.42 Å². The summed E-state index contributed by atoms with van der Waals surface area (Å²) >= 11 is 1.43. The van der Waals surface area contributed by atoms with Crippen molar-refractivity contribution < 1.29 is 9.53 Å². The molecule has 0 aliphatic carbocycles. The third-order valence-corrected chi connectivity index (χ3v) is 2.33. The molecular formula is C7H11N3O2S. The zero-order valence-electron chi connectivity index (χ0n) is 7.48. The van der Waals surface area contributed by atoms with E-state index in [1.807, 2.05) is 6.92 Å². The van der Waals surface area contributed by atoms with Crippen molar-refractivity contribution in [3.63, 3.8) is 0 Å². The zero-order chi connectivity index (χ0) is 9.84. The molecule has 0 aliphatic heterocycles. The van der Waals surface area contributed by atoms with E-state index in [9.17, 15) is 4.79 Å². The molecule has 0 fully saturated rings.